The number of phenolic OH excluding ortho intramolecular Hbond substituents is 1. The first kappa shape index (κ1) is 19.3. The number of aryl methyl sites for hydroxylation is 2. The third kappa shape index (κ3) is 3.91. The second-order valence-electron chi connectivity index (χ2n) is 7.15. The Morgan fingerprint density at radius 3 is 2.33 bits per heavy atom. The third-order valence-electron chi connectivity index (χ3n) is 4.92. The van der Waals surface area contributed by atoms with Crippen LogP contribution >= 0.6 is 0 Å². The van der Waals surface area contributed by atoms with Gasteiger partial charge in [0.2, 0.25) is 0 Å². The first-order valence-corrected chi connectivity index (χ1v) is 9.63. The third-order valence-corrected chi connectivity index (χ3v) is 4.92. The minimum absolute atomic E-state index is 0.146. The zero-order valence-electron chi connectivity index (χ0n) is 16.8. The Kier molecular flexibility index (Phi) is 5.26. The zero-order chi connectivity index (χ0) is 21.1. The first-order chi connectivity index (χ1) is 14.5. The van der Waals surface area contributed by atoms with E-state index in [2.05, 4.69) is 15.5 Å². The molecule has 0 saturated heterocycles. The molecule has 4 aromatic carbocycles. The normalized spacial score (nSPS) is 11.1. The molecule has 5 heteroatoms. The number of hydrogen-bond acceptors (Lipinski definition) is 4. The monoisotopic (exact) mass is 395 g/mol. The summed E-state index contributed by atoms with van der Waals surface area (Å²) in [6.07, 6.45) is 0. The molecule has 148 valence electrons. The van der Waals surface area contributed by atoms with Crippen LogP contribution in [0, 0.1) is 13.8 Å². The molecule has 0 unspecified atom stereocenters. The van der Waals surface area contributed by atoms with Crippen molar-refractivity contribution in [2.24, 2.45) is 10.2 Å². The SMILES string of the molecule is Cc1ccc(NC(=O)c2cc3ccccc3c(/N=N/c3ccccc3C)c2O)cc1. The smallest absolute Gasteiger partial charge is 0.259 e. The number of hydrogen-bond donors (Lipinski definition) is 2. The number of nitrogens with zero attached hydrogens (tertiary/aromatic N) is 2. The molecule has 4 rings (SSSR count). The van der Waals surface area contributed by atoms with E-state index in [9.17, 15) is 9.90 Å². The predicted molar refractivity (Wildman–Crippen MR) is 120 cm³/mol. The van der Waals surface area contributed by atoms with Gasteiger partial charge in [0.25, 0.3) is 5.91 Å². The van der Waals surface area contributed by atoms with E-state index < -0.39 is 5.91 Å². The van der Waals surface area contributed by atoms with E-state index in [1.807, 2.05) is 86.6 Å². The van der Waals surface area contributed by atoms with Crippen molar-refractivity contribution in [3.05, 3.63) is 95.6 Å². The fourth-order valence-electron chi connectivity index (χ4n) is 3.21. The van der Waals surface area contributed by atoms with Crippen molar-refractivity contribution in [2.45, 2.75) is 13.8 Å². The Balaban J connectivity index is 1.78. The van der Waals surface area contributed by atoms with Crippen LogP contribution in [0.3, 0.4) is 0 Å². The lowest BCUT2D eigenvalue weighted by Crippen LogP contribution is -2.12. The molecule has 0 bridgehead atoms. The number of carbonyl (C=O) groups is 1. The molecule has 4 aromatic rings. The van der Waals surface area contributed by atoms with Crippen molar-refractivity contribution in [2.75, 3.05) is 5.32 Å². The van der Waals surface area contributed by atoms with E-state index in [4.69, 9.17) is 0 Å². The highest BCUT2D eigenvalue weighted by Gasteiger charge is 2.18. The van der Waals surface area contributed by atoms with Crippen molar-refractivity contribution in [3.8, 4) is 5.75 Å². The Labute approximate surface area is 174 Å². The Morgan fingerprint density at radius 1 is 0.867 bits per heavy atom. The number of aromatic hydroxyl groups is 1. The number of anilines is 1. The minimum atomic E-state index is -0.408. The number of amides is 1. The molecule has 0 aliphatic carbocycles. The molecule has 0 fully saturated rings. The highest BCUT2D eigenvalue weighted by atomic mass is 16.3. The van der Waals surface area contributed by atoms with Crippen LogP contribution in [0.25, 0.3) is 10.8 Å². The van der Waals surface area contributed by atoms with Gasteiger partial charge in [-0.15, -0.1) is 5.11 Å². The highest BCUT2D eigenvalue weighted by molar-refractivity contribution is 6.11. The van der Waals surface area contributed by atoms with Crippen molar-refractivity contribution in [1.82, 2.24) is 0 Å². The van der Waals surface area contributed by atoms with Gasteiger partial charge >= 0.3 is 0 Å². The summed E-state index contributed by atoms with van der Waals surface area (Å²) in [5.74, 6) is -0.606. The summed E-state index contributed by atoms with van der Waals surface area (Å²) in [7, 11) is 0. The lowest BCUT2D eigenvalue weighted by molar-refractivity contribution is 0.102. The van der Waals surface area contributed by atoms with Crippen LogP contribution in [-0.4, -0.2) is 11.0 Å². The summed E-state index contributed by atoms with van der Waals surface area (Å²) >= 11 is 0. The van der Waals surface area contributed by atoms with E-state index in [1.54, 1.807) is 6.07 Å². The lowest BCUT2D eigenvalue weighted by Gasteiger charge is -2.11. The predicted octanol–water partition coefficient (Wildman–Crippen LogP) is 6.83. The number of fused-ring (bicyclic) bond motifs is 1. The molecule has 5 nitrogen and oxygen atoms in total. The molecule has 0 heterocycles. The van der Waals surface area contributed by atoms with Crippen LogP contribution in [0.2, 0.25) is 0 Å². The molecule has 0 radical (unpaired) electrons. The Morgan fingerprint density at radius 2 is 1.57 bits per heavy atom. The summed E-state index contributed by atoms with van der Waals surface area (Å²) < 4.78 is 0. The summed E-state index contributed by atoms with van der Waals surface area (Å²) in [4.78, 5) is 12.9. The van der Waals surface area contributed by atoms with E-state index in [0.717, 1.165) is 21.9 Å². The first-order valence-electron chi connectivity index (χ1n) is 9.63. The maximum Gasteiger partial charge on any atom is 0.259 e. The molecular formula is C25H21N3O2. The van der Waals surface area contributed by atoms with Gasteiger partial charge in [-0.25, -0.2) is 0 Å². The lowest BCUT2D eigenvalue weighted by atomic mass is 10.0. The van der Waals surface area contributed by atoms with E-state index >= 15 is 0 Å². The summed E-state index contributed by atoms with van der Waals surface area (Å²) in [5, 5.41) is 23.9. The number of benzene rings is 4. The average molecular weight is 395 g/mol. The number of azo groups is 1. The molecule has 1 amide bonds. The Bertz CT molecular complexity index is 1260. The van der Waals surface area contributed by atoms with Crippen LogP contribution in [0.5, 0.6) is 5.75 Å². The van der Waals surface area contributed by atoms with Crippen LogP contribution < -0.4 is 5.32 Å². The van der Waals surface area contributed by atoms with Gasteiger partial charge in [0.1, 0.15) is 5.69 Å². The van der Waals surface area contributed by atoms with Gasteiger partial charge in [0.05, 0.1) is 11.3 Å². The van der Waals surface area contributed by atoms with Crippen LogP contribution in [0.15, 0.2) is 89.1 Å². The summed E-state index contributed by atoms with van der Waals surface area (Å²) in [5.41, 5.74) is 3.84. The molecule has 0 spiro atoms. The van der Waals surface area contributed by atoms with Crippen LogP contribution in [0.1, 0.15) is 21.5 Å². The number of phenols is 1. The Hall–Kier alpha value is -3.99. The van der Waals surface area contributed by atoms with Gasteiger partial charge in [-0.3, -0.25) is 4.79 Å². The number of rotatable bonds is 4. The van der Waals surface area contributed by atoms with Crippen molar-refractivity contribution in [3.63, 3.8) is 0 Å². The van der Waals surface area contributed by atoms with Crippen molar-refractivity contribution in [1.29, 1.82) is 0 Å². The molecule has 0 aromatic heterocycles. The van der Waals surface area contributed by atoms with Gasteiger partial charge in [0, 0.05) is 11.1 Å². The number of nitrogens with one attached hydrogen (secondary N) is 1. The van der Waals surface area contributed by atoms with Gasteiger partial charge in [-0.1, -0.05) is 60.2 Å². The standard InChI is InChI=1S/C25H21N3O2/c1-16-11-13-19(14-12-16)26-25(30)21-15-18-8-4-5-9-20(18)23(24(21)29)28-27-22-10-6-3-7-17(22)2/h3-15,29H,1-2H3,(H,26,30)/b28-27+. The minimum Gasteiger partial charge on any atom is -0.505 e. The zero-order valence-corrected chi connectivity index (χ0v) is 16.8. The topological polar surface area (TPSA) is 74.0 Å². The van der Waals surface area contributed by atoms with Crippen LogP contribution in [-0.2, 0) is 0 Å². The molecule has 0 aliphatic heterocycles. The molecular weight excluding hydrogens is 374 g/mol. The molecule has 0 aliphatic rings. The largest absolute Gasteiger partial charge is 0.505 e. The quantitative estimate of drug-likeness (QED) is 0.372. The summed E-state index contributed by atoms with van der Waals surface area (Å²) in [6.45, 7) is 3.92. The van der Waals surface area contributed by atoms with Gasteiger partial charge in [-0.05, 0) is 49.1 Å². The van der Waals surface area contributed by atoms with E-state index in [1.165, 1.54) is 0 Å². The fourth-order valence-corrected chi connectivity index (χ4v) is 3.21. The number of carbonyl (C=O) groups excluding carboxylic acids is 1. The van der Waals surface area contributed by atoms with Gasteiger partial charge in [0.15, 0.2) is 5.75 Å². The molecule has 2 N–H and O–H groups in total. The molecule has 0 atom stereocenters. The van der Waals surface area contributed by atoms with Crippen LogP contribution in [0.4, 0.5) is 17.1 Å². The van der Waals surface area contributed by atoms with Crippen molar-refractivity contribution < 1.29 is 9.90 Å². The average Bonchev–Trinajstić information content (AvgIpc) is 2.75. The molecule has 30 heavy (non-hydrogen) atoms. The van der Waals surface area contributed by atoms with Gasteiger partial charge < -0.3 is 10.4 Å². The second kappa shape index (κ2) is 8.17. The van der Waals surface area contributed by atoms with E-state index in [0.29, 0.717) is 11.4 Å². The summed E-state index contributed by atoms with van der Waals surface area (Å²) in [6, 6.07) is 24.2. The maximum atomic E-state index is 12.9. The maximum absolute atomic E-state index is 12.9. The fraction of sp³-hybridized carbons (Fsp3) is 0.0800. The highest BCUT2D eigenvalue weighted by Crippen LogP contribution is 2.39. The van der Waals surface area contributed by atoms with Gasteiger partial charge in [-0.2, -0.15) is 5.11 Å². The van der Waals surface area contributed by atoms with E-state index in [-0.39, 0.29) is 17.0 Å². The second-order valence-corrected chi connectivity index (χ2v) is 7.15. The van der Waals surface area contributed by atoms with Crippen molar-refractivity contribution >= 4 is 33.7 Å². The molecule has 0 saturated carbocycles.